The summed E-state index contributed by atoms with van der Waals surface area (Å²) in [6.07, 6.45) is 1.75. The lowest BCUT2D eigenvalue weighted by Gasteiger charge is -2.13. The number of amides is 1. The van der Waals surface area contributed by atoms with Crippen molar-refractivity contribution in [2.45, 2.75) is 20.8 Å². The van der Waals surface area contributed by atoms with E-state index >= 15 is 0 Å². The molecule has 2 heterocycles. The first kappa shape index (κ1) is 16.1. The Morgan fingerprint density at radius 1 is 1.08 bits per heavy atom. The fourth-order valence-electron chi connectivity index (χ4n) is 3.40. The number of aromatic amines is 1. The minimum atomic E-state index is -0.110. The maximum atomic E-state index is 12.8. The molecule has 0 aliphatic carbocycles. The van der Waals surface area contributed by atoms with Gasteiger partial charge in [0.05, 0.1) is 17.3 Å². The van der Waals surface area contributed by atoms with Crippen LogP contribution in [-0.2, 0) is 0 Å². The maximum absolute atomic E-state index is 12.8. The molecule has 2 aromatic carbocycles. The van der Waals surface area contributed by atoms with E-state index in [2.05, 4.69) is 39.1 Å². The van der Waals surface area contributed by atoms with Crippen LogP contribution in [0.4, 0.5) is 5.69 Å². The van der Waals surface area contributed by atoms with Gasteiger partial charge in [-0.25, -0.2) is 0 Å². The number of carbonyl (C=O) groups excluding carboxylic acids is 1. The van der Waals surface area contributed by atoms with E-state index in [1.807, 2.05) is 50.2 Å². The second-order valence-corrected chi connectivity index (χ2v) is 6.53. The average Bonchev–Trinajstić information content (AvgIpc) is 3.19. The third-order valence-corrected chi connectivity index (χ3v) is 4.73. The van der Waals surface area contributed by atoms with Crippen molar-refractivity contribution in [3.05, 3.63) is 77.2 Å². The highest BCUT2D eigenvalue weighted by atomic mass is 16.1. The molecule has 2 aromatic heterocycles. The molecule has 0 atom stereocenters. The molecule has 0 fully saturated rings. The van der Waals surface area contributed by atoms with E-state index in [9.17, 15) is 4.79 Å². The van der Waals surface area contributed by atoms with Crippen molar-refractivity contribution in [2.24, 2.45) is 0 Å². The number of hydrogen-bond acceptors (Lipinski definition) is 2. The van der Waals surface area contributed by atoms with E-state index in [4.69, 9.17) is 0 Å². The molecule has 0 bridgehead atoms. The second kappa shape index (κ2) is 6.19. The zero-order valence-electron chi connectivity index (χ0n) is 15.0. The van der Waals surface area contributed by atoms with Crippen LogP contribution < -0.4 is 5.32 Å². The van der Waals surface area contributed by atoms with E-state index in [1.54, 1.807) is 6.20 Å². The normalized spacial score (nSPS) is 11.0. The first-order chi connectivity index (χ1) is 12.5. The Labute approximate surface area is 151 Å². The highest BCUT2D eigenvalue weighted by Gasteiger charge is 2.17. The molecule has 1 amide bonds. The van der Waals surface area contributed by atoms with Crippen LogP contribution >= 0.6 is 0 Å². The SMILES string of the molecule is Cc1ccccc1-n1c(C)cc(C(=O)Nc2ccc3[nH]ncc3c2)c1C. The highest BCUT2D eigenvalue weighted by Crippen LogP contribution is 2.24. The molecule has 0 radical (unpaired) electrons. The van der Waals surface area contributed by atoms with Crippen LogP contribution in [0.3, 0.4) is 0 Å². The van der Waals surface area contributed by atoms with Crippen LogP contribution in [0.15, 0.2) is 54.7 Å². The van der Waals surface area contributed by atoms with Crippen molar-refractivity contribution >= 4 is 22.5 Å². The van der Waals surface area contributed by atoms with Crippen LogP contribution in [0.25, 0.3) is 16.6 Å². The van der Waals surface area contributed by atoms with Crippen LogP contribution in [0.2, 0.25) is 0 Å². The molecule has 5 heteroatoms. The smallest absolute Gasteiger partial charge is 0.257 e. The molecule has 4 rings (SSSR count). The Morgan fingerprint density at radius 2 is 1.88 bits per heavy atom. The number of nitrogens with one attached hydrogen (secondary N) is 2. The number of carbonyl (C=O) groups is 1. The van der Waals surface area contributed by atoms with Crippen molar-refractivity contribution in [3.63, 3.8) is 0 Å². The van der Waals surface area contributed by atoms with Gasteiger partial charge in [0, 0.05) is 28.1 Å². The summed E-state index contributed by atoms with van der Waals surface area (Å²) in [5, 5.41) is 10.9. The zero-order valence-corrected chi connectivity index (χ0v) is 15.0. The van der Waals surface area contributed by atoms with Gasteiger partial charge >= 0.3 is 0 Å². The number of anilines is 1. The van der Waals surface area contributed by atoms with Crippen LogP contribution in [-0.4, -0.2) is 20.7 Å². The Kier molecular flexibility index (Phi) is 3.84. The van der Waals surface area contributed by atoms with Gasteiger partial charge in [-0.2, -0.15) is 5.10 Å². The van der Waals surface area contributed by atoms with Crippen molar-refractivity contribution in [1.82, 2.24) is 14.8 Å². The topological polar surface area (TPSA) is 62.7 Å². The fourth-order valence-corrected chi connectivity index (χ4v) is 3.40. The second-order valence-electron chi connectivity index (χ2n) is 6.53. The van der Waals surface area contributed by atoms with Crippen molar-refractivity contribution in [1.29, 1.82) is 0 Å². The van der Waals surface area contributed by atoms with E-state index in [0.29, 0.717) is 5.56 Å². The van der Waals surface area contributed by atoms with Crippen LogP contribution in [0.5, 0.6) is 0 Å². The van der Waals surface area contributed by atoms with E-state index < -0.39 is 0 Å². The number of hydrogen-bond donors (Lipinski definition) is 2. The Balaban J connectivity index is 1.68. The summed E-state index contributed by atoms with van der Waals surface area (Å²) in [6.45, 7) is 6.08. The lowest BCUT2D eigenvalue weighted by molar-refractivity contribution is 0.102. The number of H-pyrrole nitrogens is 1. The molecule has 130 valence electrons. The summed E-state index contributed by atoms with van der Waals surface area (Å²) >= 11 is 0. The molecule has 0 aliphatic heterocycles. The molecule has 4 aromatic rings. The summed E-state index contributed by atoms with van der Waals surface area (Å²) in [5.74, 6) is -0.110. The fraction of sp³-hybridized carbons (Fsp3) is 0.143. The quantitative estimate of drug-likeness (QED) is 0.573. The largest absolute Gasteiger partial charge is 0.322 e. The molecule has 2 N–H and O–H groups in total. The monoisotopic (exact) mass is 344 g/mol. The summed E-state index contributed by atoms with van der Waals surface area (Å²) in [6, 6.07) is 15.8. The Morgan fingerprint density at radius 3 is 2.69 bits per heavy atom. The number of aromatic nitrogens is 3. The molecule has 0 aliphatic rings. The lowest BCUT2D eigenvalue weighted by atomic mass is 10.2. The third-order valence-electron chi connectivity index (χ3n) is 4.73. The molecule has 0 unspecified atom stereocenters. The van der Waals surface area contributed by atoms with Crippen molar-refractivity contribution in [3.8, 4) is 5.69 Å². The molecular formula is C21H20N4O. The van der Waals surface area contributed by atoms with Gasteiger partial charge in [0.25, 0.3) is 5.91 Å². The Bertz CT molecular complexity index is 1120. The number of para-hydroxylation sites is 1. The van der Waals surface area contributed by atoms with Gasteiger partial charge < -0.3 is 9.88 Å². The minimum Gasteiger partial charge on any atom is -0.322 e. The van der Waals surface area contributed by atoms with Crippen LogP contribution in [0.1, 0.15) is 27.3 Å². The third kappa shape index (κ3) is 2.67. The van der Waals surface area contributed by atoms with Gasteiger partial charge in [-0.05, 0) is 56.7 Å². The van der Waals surface area contributed by atoms with Crippen molar-refractivity contribution in [2.75, 3.05) is 5.32 Å². The van der Waals surface area contributed by atoms with Gasteiger partial charge in [-0.15, -0.1) is 0 Å². The zero-order chi connectivity index (χ0) is 18.3. The standard InChI is InChI=1S/C21H20N4O/c1-13-6-4-5-7-20(13)25-14(2)10-18(15(25)3)21(26)23-17-8-9-19-16(11-17)12-22-24-19/h4-12H,1-3H3,(H,22,24)(H,23,26). The molecule has 26 heavy (non-hydrogen) atoms. The van der Waals surface area contributed by atoms with Gasteiger partial charge in [0.1, 0.15) is 0 Å². The van der Waals surface area contributed by atoms with Crippen molar-refractivity contribution < 1.29 is 4.79 Å². The molecule has 0 saturated carbocycles. The minimum absolute atomic E-state index is 0.110. The van der Waals surface area contributed by atoms with Gasteiger partial charge in [-0.3, -0.25) is 9.89 Å². The summed E-state index contributed by atoms with van der Waals surface area (Å²) in [7, 11) is 0. The van der Waals surface area contributed by atoms with Gasteiger partial charge in [0.15, 0.2) is 0 Å². The van der Waals surface area contributed by atoms with E-state index in [-0.39, 0.29) is 5.91 Å². The molecule has 5 nitrogen and oxygen atoms in total. The van der Waals surface area contributed by atoms with E-state index in [0.717, 1.165) is 33.7 Å². The highest BCUT2D eigenvalue weighted by molar-refractivity contribution is 6.06. The number of aryl methyl sites for hydroxylation is 2. The first-order valence-electron chi connectivity index (χ1n) is 8.54. The summed E-state index contributed by atoms with van der Waals surface area (Å²) in [4.78, 5) is 12.8. The first-order valence-corrected chi connectivity index (χ1v) is 8.54. The predicted octanol–water partition coefficient (Wildman–Crippen LogP) is 4.53. The number of nitrogens with zero attached hydrogens (tertiary/aromatic N) is 2. The summed E-state index contributed by atoms with van der Waals surface area (Å²) < 4.78 is 2.13. The molecule has 0 spiro atoms. The summed E-state index contributed by atoms with van der Waals surface area (Å²) in [5.41, 5.74) is 6.61. The number of fused-ring (bicyclic) bond motifs is 1. The van der Waals surface area contributed by atoms with Gasteiger partial charge in [-0.1, -0.05) is 18.2 Å². The number of rotatable bonds is 3. The predicted molar refractivity (Wildman–Crippen MR) is 104 cm³/mol. The van der Waals surface area contributed by atoms with E-state index in [1.165, 1.54) is 5.56 Å². The average molecular weight is 344 g/mol. The number of benzene rings is 2. The maximum Gasteiger partial charge on any atom is 0.257 e. The molecule has 0 saturated heterocycles. The Hall–Kier alpha value is -3.34. The van der Waals surface area contributed by atoms with Gasteiger partial charge in [0.2, 0.25) is 0 Å². The lowest BCUT2D eigenvalue weighted by Crippen LogP contribution is -2.13. The van der Waals surface area contributed by atoms with Crippen LogP contribution in [0, 0.1) is 20.8 Å². The molecular weight excluding hydrogens is 324 g/mol.